The summed E-state index contributed by atoms with van der Waals surface area (Å²) in [6, 6.07) is 2.97. The van der Waals surface area contributed by atoms with Gasteiger partial charge in [-0.1, -0.05) is 18.2 Å². The van der Waals surface area contributed by atoms with Crippen molar-refractivity contribution in [3.8, 4) is 0 Å². The molecule has 2 aromatic rings. The van der Waals surface area contributed by atoms with E-state index in [0.717, 1.165) is 42.4 Å². The average Bonchev–Trinajstić information content (AvgIpc) is 3.23. The highest BCUT2D eigenvalue weighted by atomic mass is 32.2. The molecule has 0 radical (unpaired) electrons. The maximum absolute atomic E-state index is 12.4. The van der Waals surface area contributed by atoms with Crippen LogP contribution in [0.4, 0.5) is 10.5 Å². The van der Waals surface area contributed by atoms with Crippen molar-refractivity contribution in [2.45, 2.75) is 37.8 Å². The van der Waals surface area contributed by atoms with Crippen molar-refractivity contribution >= 4 is 27.8 Å². The highest BCUT2D eigenvalue weighted by Gasteiger charge is 2.25. The Morgan fingerprint density at radius 2 is 2.08 bits per heavy atom. The number of rotatable bonds is 3. The first-order valence-corrected chi connectivity index (χ1v) is 9.90. The van der Waals surface area contributed by atoms with E-state index in [1.54, 1.807) is 13.0 Å². The summed E-state index contributed by atoms with van der Waals surface area (Å²) in [6.07, 6.45) is 9.08. The number of carbonyl (C=O) groups excluding carboxylic acids is 1. The van der Waals surface area contributed by atoms with Crippen LogP contribution in [-0.2, 0) is 29.3 Å². The predicted octanol–water partition coefficient (Wildman–Crippen LogP) is 2.35. The van der Waals surface area contributed by atoms with Crippen LogP contribution in [0.15, 0.2) is 29.6 Å². The molecule has 4 rings (SSSR count). The molecule has 0 saturated heterocycles. The molecule has 2 aliphatic rings. The minimum atomic E-state index is -4.13. The van der Waals surface area contributed by atoms with E-state index in [-0.39, 0.29) is 0 Å². The first-order valence-electron chi connectivity index (χ1n) is 8.42. The number of aromatic nitrogens is 2. The van der Waals surface area contributed by atoms with Gasteiger partial charge < -0.3 is 5.32 Å². The van der Waals surface area contributed by atoms with Gasteiger partial charge in [0.05, 0.1) is 5.69 Å². The van der Waals surface area contributed by atoms with Gasteiger partial charge in [-0.2, -0.15) is 8.42 Å². The van der Waals surface area contributed by atoms with Gasteiger partial charge in [0.2, 0.25) is 0 Å². The van der Waals surface area contributed by atoms with E-state index in [1.165, 1.54) is 11.8 Å². The lowest BCUT2D eigenvalue weighted by Crippen LogP contribution is -2.35. The lowest BCUT2D eigenvalue weighted by atomic mass is 9.98. The Morgan fingerprint density at radius 3 is 2.88 bits per heavy atom. The second-order valence-corrected chi connectivity index (χ2v) is 8.04. The van der Waals surface area contributed by atoms with Crippen LogP contribution in [0.2, 0.25) is 0 Å². The summed E-state index contributed by atoms with van der Waals surface area (Å²) in [6.45, 7) is 1.66. The van der Waals surface area contributed by atoms with Crippen LogP contribution in [0, 0.1) is 6.92 Å². The van der Waals surface area contributed by atoms with Gasteiger partial charge in [-0.15, -0.1) is 0 Å². The van der Waals surface area contributed by atoms with Crippen LogP contribution < -0.4 is 10.0 Å². The molecule has 2 N–H and O–H groups in total. The van der Waals surface area contributed by atoms with Crippen LogP contribution in [0.5, 0.6) is 0 Å². The summed E-state index contributed by atoms with van der Waals surface area (Å²) < 4.78 is 26.7. The molecular weight excluding hydrogens is 352 g/mol. The lowest BCUT2D eigenvalue weighted by Gasteiger charge is -2.16. The summed E-state index contributed by atoms with van der Waals surface area (Å²) >= 11 is 0. The number of carbonyl (C=O) groups is 1. The third-order valence-corrected chi connectivity index (χ3v) is 5.76. The molecule has 2 aliphatic carbocycles. The Morgan fingerprint density at radius 1 is 1.23 bits per heavy atom. The number of hydrogen-bond acceptors (Lipinski definition) is 5. The summed E-state index contributed by atoms with van der Waals surface area (Å²) in [5, 5.41) is 2.33. The fourth-order valence-electron chi connectivity index (χ4n) is 3.49. The molecular formula is C18H18N4O3S. The van der Waals surface area contributed by atoms with Crippen LogP contribution in [0.3, 0.4) is 0 Å². The van der Waals surface area contributed by atoms with Gasteiger partial charge >= 0.3 is 16.1 Å². The molecule has 7 nitrogen and oxygen atoms in total. The number of allylic oxidation sites excluding steroid dienone is 1. The van der Waals surface area contributed by atoms with Crippen molar-refractivity contribution < 1.29 is 13.2 Å². The molecule has 0 fully saturated rings. The van der Waals surface area contributed by atoms with Crippen molar-refractivity contribution in [2.24, 2.45) is 0 Å². The van der Waals surface area contributed by atoms with E-state index >= 15 is 0 Å². The highest BCUT2D eigenvalue weighted by Crippen LogP contribution is 2.37. The fraction of sp³-hybridized carbons (Fsp3) is 0.278. The van der Waals surface area contributed by atoms with E-state index in [0.29, 0.717) is 11.4 Å². The van der Waals surface area contributed by atoms with Crippen LogP contribution in [0.1, 0.15) is 34.4 Å². The Balaban J connectivity index is 1.61. The number of hydrogen-bond donors (Lipinski definition) is 2. The van der Waals surface area contributed by atoms with Crippen molar-refractivity contribution in [3.05, 3.63) is 52.4 Å². The van der Waals surface area contributed by atoms with E-state index in [2.05, 4.69) is 21.4 Å². The zero-order valence-electron chi connectivity index (χ0n) is 14.2. The van der Waals surface area contributed by atoms with Gasteiger partial charge in [0, 0.05) is 17.5 Å². The smallest absolute Gasteiger partial charge is 0.306 e. The number of nitrogens with zero attached hydrogens (tertiary/aromatic N) is 2. The number of benzene rings is 1. The molecule has 0 unspecified atom stereocenters. The molecule has 134 valence electrons. The summed E-state index contributed by atoms with van der Waals surface area (Å²) in [4.78, 5) is 20.0. The van der Waals surface area contributed by atoms with Gasteiger partial charge in [0.15, 0.2) is 0 Å². The highest BCUT2D eigenvalue weighted by molar-refractivity contribution is 7.89. The molecule has 1 aromatic carbocycles. The van der Waals surface area contributed by atoms with E-state index in [4.69, 9.17) is 0 Å². The first kappa shape index (κ1) is 16.7. The largest absolute Gasteiger partial charge is 0.333 e. The number of aryl methyl sites for hydroxylation is 2. The molecule has 0 saturated carbocycles. The van der Waals surface area contributed by atoms with E-state index in [9.17, 15) is 13.2 Å². The maximum atomic E-state index is 12.4. The molecule has 0 atom stereocenters. The van der Waals surface area contributed by atoms with Crippen molar-refractivity contribution in [1.82, 2.24) is 14.7 Å². The van der Waals surface area contributed by atoms with Crippen LogP contribution in [0.25, 0.3) is 6.08 Å². The number of anilines is 1. The Labute approximate surface area is 151 Å². The summed E-state index contributed by atoms with van der Waals surface area (Å²) in [5.74, 6) is 0. The topological polar surface area (TPSA) is 101 Å². The van der Waals surface area contributed by atoms with E-state index in [1.807, 2.05) is 16.9 Å². The monoisotopic (exact) mass is 370 g/mol. The predicted molar refractivity (Wildman–Crippen MR) is 97.3 cm³/mol. The van der Waals surface area contributed by atoms with Gasteiger partial charge in [-0.25, -0.2) is 19.5 Å². The fourth-order valence-corrected chi connectivity index (χ4v) is 4.34. The first-order chi connectivity index (χ1) is 12.4. The normalized spacial score (nSPS) is 14.8. The molecule has 1 heterocycles. The average molecular weight is 370 g/mol. The number of nitrogens with one attached hydrogen (secondary N) is 2. The van der Waals surface area contributed by atoms with Gasteiger partial charge in [-0.3, -0.25) is 0 Å². The summed E-state index contributed by atoms with van der Waals surface area (Å²) in [7, 11) is -4.13. The number of amides is 2. The Kier molecular flexibility index (Phi) is 3.99. The molecule has 0 spiro atoms. The molecule has 0 bridgehead atoms. The van der Waals surface area contributed by atoms with Crippen LogP contribution >= 0.6 is 0 Å². The minimum absolute atomic E-state index is 0.420. The SMILES string of the molecule is Cc1ccnc(S(=O)(=O)NC(=O)Nc2c3c(cc4c2CCC4)CC=C3)n1. The lowest BCUT2D eigenvalue weighted by molar-refractivity contribution is 0.256. The van der Waals surface area contributed by atoms with Crippen molar-refractivity contribution in [1.29, 1.82) is 0 Å². The van der Waals surface area contributed by atoms with E-state index < -0.39 is 21.2 Å². The third-order valence-electron chi connectivity index (χ3n) is 4.63. The van der Waals surface area contributed by atoms with Gasteiger partial charge in [-0.05, 0) is 55.4 Å². The zero-order valence-corrected chi connectivity index (χ0v) is 15.1. The molecule has 1 aromatic heterocycles. The number of fused-ring (bicyclic) bond motifs is 2. The molecule has 0 aliphatic heterocycles. The van der Waals surface area contributed by atoms with Gasteiger partial charge in [0.25, 0.3) is 5.16 Å². The molecule has 26 heavy (non-hydrogen) atoms. The van der Waals surface area contributed by atoms with Crippen LogP contribution in [-0.4, -0.2) is 24.4 Å². The third kappa shape index (κ3) is 2.96. The second-order valence-electron chi connectivity index (χ2n) is 6.46. The van der Waals surface area contributed by atoms with Crippen molar-refractivity contribution in [3.63, 3.8) is 0 Å². The van der Waals surface area contributed by atoms with Crippen molar-refractivity contribution in [2.75, 3.05) is 5.32 Å². The Hall–Kier alpha value is -2.74. The number of sulfonamides is 1. The Bertz CT molecular complexity index is 1040. The zero-order chi connectivity index (χ0) is 18.3. The standard InChI is InChI=1S/C18H18N4O3S/c1-11-8-9-19-18(20-11)26(24,25)22-17(23)21-16-14-6-2-4-12(14)10-13-5-3-7-15(13)16/h2,6,8-10H,3-5,7H2,1H3,(H2,21,22,23). The number of urea groups is 1. The second kappa shape index (κ2) is 6.21. The minimum Gasteiger partial charge on any atom is -0.306 e. The molecule has 8 heteroatoms. The van der Waals surface area contributed by atoms with Gasteiger partial charge in [0.1, 0.15) is 0 Å². The summed E-state index contributed by atoms with van der Waals surface area (Å²) in [5.41, 5.74) is 5.66. The quantitative estimate of drug-likeness (QED) is 0.808. The maximum Gasteiger partial charge on any atom is 0.333 e. The molecule has 2 amide bonds.